The van der Waals surface area contributed by atoms with Crippen LogP contribution in [0.4, 0.5) is 16.2 Å². The summed E-state index contributed by atoms with van der Waals surface area (Å²) in [5, 5.41) is 5.96. The zero-order chi connectivity index (χ0) is 21.7. The van der Waals surface area contributed by atoms with Gasteiger partial charge >= 0.3 is 6.03 Å². The van der Waals surface area contributed by atoms with E-state index in [9.17, 15) is 9.59 Å². The molecule has 3 amide bonds. The minimum Gasteiger partial charge on any atom is -0.371 e. The highest BCUT2D eigenvalue weighted by molar-refractivity contribution is 6.02. The molecule has 1 heterocycles. The molecular weight excluding hydrogens is 376 g/mol. The normalized spacial score (nSPS) is 15.4. The van der Waals surface area contributed by atoms with E-state index in [0.29, 0.717) is 17.2 Å². The third kappa shape index (κ3) is 5.32. The molecule has 1 aliphatic rings. The summed E-state index contributed by atoms with van der Waals surface area (Å²) in [6, 6.07) is 15.2. The molecule has 6 nitrogen and oxygen atoms in total. The van der Waals surface area contributed by atoms with Crippen LogP contribution >= 0.6 is 0 Å². The molecule has 0 aliphatic carbocycles. The Bertz CT molecular complexity index is 874. The summed E-state index contributed by atoms with van der Waals surface area (Å²) < 4.78 is 0. The number of nitrogens with one attached hydrogen (secondary N) is 2. The average molecular weight is 409 g/mol. The molecule has 3 rings (SSSR count). The number of anilines is 2. The topological polar surface area (TPSA) is 64.7 Å². The van der Waals surface area contributed by atoms with Gasteiger partial charge in [0.05, 0.1) is 11.6 Å². The maximum Gasteiger partial charge on any atom is 0.321 e. The van der Waals surface area contributed by atoms with Crippen LogP contribution < -0.4 is 15.5 Å². The van der Waals surface area contributed by atoms with Crippen LogP contribution in [0.15, 0.2) is 48.5 Å². The van der Waals surface area contributed by atoms with Crippen molar-refractivity contribution in [3.63, 3.8) is 0 Å². The molecule has 0 saturated carbocycles. The Hall–Kier alpha value is -3.02. The maximum atomic E-state index is 13.3. The van der Waals surface area contributed by atoms with Gasteiger partial charge < -0.3 is 20.4 Å². The second-order valence-corrected chi connectivity index (χ2v) is 8.33. The number of carbonyl (C=O) groups excluding carboxylic acids is 2. The molecule has 1 atom stereocenters. The van der Waals surface area contributed by atoms with Gasteiger partial charge in [-0.3, -0.25) is 4.79 Å². The van der Waals surface area contributed by atoms with Gasteiger partial charge in [-0.15, -0.1) is 0 Å². The van der Waals surface area contributed by atoms with Gasteiger partial charge in [-0.05, 0) is 49.4 Å². The van der Waals surface area contributed by atoms with Crippen LogP contribution in [0.2, 0.25) is 0 Å². The van der Waals surface area contributed by atoms with Crippen molar-refractivity contribution in [3.8, 4) is 0 Å². The summed E-state index contributed by atoms with van der Waals surface area (Å²) in [4.78, 5) is 29.1. The van der Waals surface area contributed by atoms with Crippen molar-refractivity contribution in [3.05, 3.63) is 59.7 Å². The van der Waals surface area contributed by atoms with Crippen LogP contribution in [-0.4, -0.2) is 44.0 Å². The molecule has 0 bridgehead atoms. The number of amides is 3. The molecule has 0 unspecified atom stereocenters. The fourth-order valence-corrected chi connectivity index (χ4v) is 3.66. The second-order valence-electron chi connectivity index (χ2n) is 8.33. The Morgan fingerprint density at radius 2 is 1.73 bits per heavy atom. The minimum absolute atomic E-state index is 0.118. The van der Waals surface area contributed by atoms with E-state index < -0.39 is 0 Å². The van der Waals surface area contributed by atoms with Gasteiger partial charge in [0.25, 0.3) is 5.91 Å². The average Bonchev–Trinajstić information content (AvgIpc) is 2.75. The largest absolute Gasteiger partial charge is 0.371 e. The quantitative estimate of drug-likeness (QED) is 0.765. The van der Waals surface area contributed by atoms with Crippen LogP contribution in [-0.2, 0) is 0 Å². The highest BCUT2D eigenvalue weighted by atomic mass is 16.2. The number of carbonyl (C=O) groups is 2. The predicted molar refractivity (Wildman–Crippen MR) is 122 cm³/mol. The molecule has 1 fully saturated rings. The molecular formula is C24H32N4O2. The van der Waals surface area contributed by atoms with Crippen LogP contribution in [0.1, 0.15) is 48.7 Å². The fourth-order valence-electron chi connectivity index (χ4n) is 3.66. The van der Waals surface area contributed by atoms with E-state index in [4.69, 9.17) is 0 Å². The number of hydrogen-bond donors (Lipinski definition) is 2. The van der Waals surface area contributed by atoms with E-state index in [1.165, 1.54) is 4.90 Å². The maximum absolute atomic E-state index is 13.3. The fraction of sp³-hybridized carbons (Fsp3) is 0.417. The van der Waals surface area contributed by atoms with Gasteiger partial charge in [-0.25, -0.2) is 4.79 Å². The van der Waals surface area contributed by atoms with Gasteiger partial charge in [0, 0.05) is 38.6 Å². The van der Waals surface area contributed by atoms with Gasteiger partial charge in [0.1, 0.15) is 0 Å². The van der Waals surface area contributed by atoms with E-state index in [-0.39, 0.29) is 18.0 Å². The van der Waals surface area contributed by atoms with Gasteiger partial charge in [0.15, 0.2) is 0 Å². The first kappa shape index (κ1) is 21.7. The third-order valence-corrected chi connectivity index (χ3v) is 5.67. The van der Waals surface area contributed by atoms with Crippen molar-refractivity contribution in [1.29, 1.82) is 0 Å². The van der Waals surface area contributed by atoms with Crippen LogP contribution in [0.25, 0.3) is 0 Å². The summed E-state index contributed by atoms with van der Waals surface area (Å²) in [7, 11) is 3.38. The molecule has 2 aromatic rings. The smallest absolute Gasteiger partial charge is 0.321 e. The van der Waals surface area contributed by atoms with Crippen molar-refractivity contribution in [2.24, 2.45) is 5.92 Å². The highest BCUT2D eigenvalue weighted by Crippen LogP contribution is 2.29. The molecule has 160 valence electrons. The Kier molecular flexibility index (Phi) is 6.98. The summed E-state index contributed by atoms with van der Waals surface area (Å²) >= 11 is 0. The van der Waals surface area contributed by atoms with E-state index >= 15 is 0 Å². The Balaban J connectivity index is 1.87. The van der Waals surface area contributed by atoms with E-state index in [0.717, 1.165) is 37.2 Å². The van der Waals surface area contributed by atoms with Gasteiger partial charge in [-0.1, -0.05) is 37.3 Å². The Labute approximate surface area is 179 Å². The summed E-state index contributed by atoms with van der Waals surface area (Å²) in [6.07, 6.45) is 2.22. The molecule has 0 radical (unpaired) electrons. The SMILES string of the molecule is CC1CCN(c2ccc(NC(=O)N(C)C)cc2C(=O)N[C@H](C)c2ccccc2)CC1. The zero-order valence-corrected chi connectivity index (χ0v) is 18.3. The van der Waals surface area contributed by atoms with Crippen molar-refractivity contribution in [2.75, 3.05) is 37.4 Å². The zero-order valence-electron chi connectivity index (χ0n) is 18.3. The molecule has 2 aromatic carbocycles. The first-order valence-electron chi connectivity index (χ1n) is 10.6. The third-order valence-electron chi connectivity index (χ3n) is 5.67. The summed E-state index contributed by atoms with van der Waals surface area (Å²) in [5.41, 5.74) is 3.17. The van der Waals surface area contributed by atoms with Crippen molar-refractivity contribution in [2.45, 2.75) is 32.7 Å². The number of urea groups is 1. The first-order chi connectivity index (χ1) is 14.3. The van der Waals surface area contributed by atoms with E-state index in [1.807, 2.05) is 49.4 Å². The molecule has 0 spiro atoms. The lowest BCUT2D eigenvalue weighted by atomic mass is 9.97. The first-order valence-corrected chi connectivity index (χ1v) is 10.6. The van der Waals surface area contributed by atoms with Crippen LogP contribution in [0, 0.1) is 5.92 Å². The summed E-state index contributed by atoms with van der Waals surface area (Å²) in [5.74, 6) is 0.566. The Morgan fingerprint density at radius 3 is 2.37 bits per heavy atom. The van der Waals surface area contributed by atoms with E-state index in [1.54, 1.807) is 20.2 Å². The van der Waals surface area contributed by atoms with Crippen LogP contribution in [0.5, 0.6) is 0 Å². The lowest BCUT2D eigenvalue weighted by Gasteiger charge is -2.33. The molecule has 6 heteroatoms. The molecule has 0 aromatic heterocycles. The van der Waals surface area contributed by atoms with Gasteiger partial charge in [0.2, 0.25) is 0 Å². The van der Waals surface area contributed by atoms with Gasteiger partial charge in [-0.2, -0.15) is 0 Å². The van der Waals surface area contributed by atoms with Crippen LogP contribution in [0.3, 0.4) is 0 Å². The van der Waals surface area contributed by atoms with E-state index in [2.05, 4.69) is 22.5 Å². The minimum atomic E-state index is -0.224. The lowest BCUT2D eigenvalue weighted by molar-refractivity contribution is 0.0940. The Morgan fingerprint density at radius 1 is 1.07 bits per heavy atom. The van der Waals surface area contributed by atoms with Crippen molar-refractivity contribution < 1.29 is 9.59 Å². The number of piperidine rings is 1. The summed E-state index contributed by atoms with van der Waals surface area (Å²) in [6.45, 7) is 6.11. The monoisotopic (exact) mass is 408 g/mol. The lowest BCUT2D eigenvalue weighted by Crippen LogP contribution is -2.35. The second kappa shape index (κ2) is 9.65. The molecule has 30 heavy (non-hydrogen) atoms. The number of rotatable bonds is 5. The predicted octanol–water partition coefficient (Wildman–Crippen LogP) is 4.51. The number of hydrogen-bond acceptors (Lipinski definition) is 3. The van der Waals surface area contributed by atoms with Crippen molar-refractivity contribution in [1.82, 2.24) is 10.2 Å². The number of nitrogens with zero attached hydrogens (tertiary/aromatic N) is 2. The molecule has 1 aliphatic heterocycles. The molecule has 2 N–H and O–H groups in total. The molecule has 1 saturated heterocycles. The standard InChI is InChI=1S/C24H32N4O2/c1-17-12-14-28(15-13-17)22-11-10-20(26-24(30)27(3)4)16-21(22)23(29)25-18(2)19-8-6-5-7-9-19/h5-11,16-18H,12-15H2,1-4H3,(H,25,29)(H,26,30)/t18-/m1/s1. The number of benzene rings is 2. The van der Waals surface area contributed by atoms with Crippen molar-refractivity contribution >= 4 is 23.3 Å². The highest BCUT2D eigenvalue weighted by Gasteiger charge is 2.23.